The fourth-order valence-corrected chi connectivity index (χ4v) is 3.04. The van der Waals surface area contributed by atoms with Crippen LogP contribution >= 0.6 is 11.3 Å². The van der Waals surface area contributed by atoms with Crippen LogP contribution in [0, 0.1) is 0 Å². The Bertz CT molecular complexity index is 898. The summed E-state index contributed by atoms with van der Waals surface area (Å²) in [5.74, 6) is -0.413. The van der Waals surface area contributed by atoms with Crippen molar-refractivity contribution in [2.45, 2.75) is 6.92 Å². The van der Waals surface area contributed by atoms with Crippen molar-refractivity contribution in [3.63, 3.8) is 0 Å². The standard InChI is InChI=1S/C18H15N3O2S/c1-12(22)19-13-5-4-6-14(11-13)20-17(23)9-10-18-21-15-7-2-3-8-16(15)24-18/h2-11H,1H3,(H,19,22)(H,20,23)/b10-9+. The Morgan fingerprint density at radius 3 is 2.54 bits per heavy atom. The van der Waals surface area contributed by atoms with E-state index in [-0.39, 0.29) is 11.8 Å². The lowest BCUT2D eigenvalue weighted by atomic mass is 10.2. The lowest BCUT2D eigenvalue weighted by molar-refractivity contribution is -0.114. The van der Waals surface area contributed by atoms with E-state index in [0.717, 1.165) is 15.2 Å². The monoisotopic (exact) mass is 337 g/mol. The topological polar surface area (TPSA) is 71.1 Å². The molecule has 0 unspecified atom stereocenters. The van der Waals surface area contributed by atoms with Gasteiger partial charge in [0.15, 0.2) is 0 Å². The highest BCUT2D eigenvalue weighted by Gasteiger charge is 2.03. The van der Waals surface area contributed by atoms with Gasteiger partial charge in [0.05, 0.1) is 10.2 Å². The summed E-state index contributed by atoms with van der Waals surface area (Å²) >= 11 is 1.53. The van der Waals surface area contributed by atoms with Crippen molar-refractivity contribution in [3.05, 3.63) is 59.6 Å². The highest BCUT2D eigenvalue weighted by Crippen LogP contribution is 2.22. The van der Waals surface area contributed by atoms with Crippen molar-refractivity contribution in [1.29, 1.82) is 0 Å². The fourth-order valence-electron chi connectivity index (χ4n) is 2.17. The van der Waals surface area contributed by atoms with Gasteiger partial charge < -0.3 is 10.6 Å². The molecule has 2 amide bonds. The smallest absolute Gasteiger partial charge is 0.248 e. The molecule has 2 aromatic carbocycles. The molecule has 0 saturated carbocycles. The number of carbonyl (C=O) groups excluding carboxylic acids is 2. The van der Waals surface area contributed by atoms with E-state index in [0.29, 0.717) is 11.4 Å². The Morgan fingerprint density at radius 1 is 1.04 bits per heavy atom. The largest absolute Gasteiger partial charge is 0.326 e. The Balaban J connectivity index is 1.67. The number of anilines is 2. The molecule has 0 spiro atoms. The third kappa shape index (κ3) is 4.05. The van der Waals surface area contributed by atoms with Gasteiger partial charge in [-0.3, -0.25) is 9.59 Å². The fraction of sp³-hybridized carbons (Fsp3) is 0.0556. The van der Waals surface area contributed by atoms with Gasteiger partial charge in [-0.1, -0.05) is 18.2 Å². The predicted molar refractivity (Wildman–Crippen MR) is 98.0 cm³/mol. The highest BCUT2D eigenvalue weighted by atomic mass is 32.1. The Morgan fingerprint density at radius 2 is 1.79 bits per heavy atom. The normalized spacial score (nSPS) is 10.9. The van der Waals surface area contributed by atoms with Crippen molar-refractivity contribution in [1.82, 2.24) is 4.98 Å². The maximum atomic E-state index is 12.0. The number of hydrogen-bond acceptors (Lipinski definition) is 4. The van der Waals surface area contributed by atoms with Gasteiger partial charge in [0.2, 0.25) is 11.8 Å². The van der Waals surface area contributed by atoms with Crippen molar-refractivity contribution in [2.75, 3.05) is 10.6 Å². The molecule has 0 bridgehead atoms. The summed E-state index contributed by atoms with van der Waals surface area (Å²) in [5, 5.41) is 6.21. The lowest BCUT2D eigenvalue weighted by Crippen LogP contribution is -2.09. The van der Waals surface area contributed by atoms with Crippen LogP contribution in [0.25, 0.3) is 16.3 Å². The maximum absolute atomic E-state index is 12.0. The Labute approximate surface area is 143 Å². The molecule has 1 aromatic heterocycles. The quantitative estimate of drug-likeness (QED) is 0.709. The number of hydrogen-bond donors (Lipinski definition) is 2. The number of carbonyl (C=O) groups is 2. The summed E-state index contributed by atoms with van der Waals surface area (Å²) in [6, 6.07) is 14.8. The Hall–Kier alpha value is -2.99. The van der Waals surface area contributed by atoms with E-state index in [1.165, 1.54) is 24.3 Å². The number of nitrogens with zero attached hydrogens (tertiary/aromatic N) is 1. The van der Waals surface area contributed by atoms with Gasteiger partial charge in [-0.15, -0.1) is 11.3 Å². The van der Waals surface area contributed by atoms with Crippen LogP contribution in [0.1, 0.15) is 11.9 Å². The van der Waals surface area contributed by atoms with E-state index >= 15 is 0 Å². The predicted octanol–water partition coefficient (Wildman–Crippen LogP) is 3.91. The van der Waals surface area contributed by atoms with Crippen LogP contribution in [0.15, 0.2) is 54.6 Å². The van der Waals surface area contributed by atoms with E-state index in [1.54, 1.807) is 30.3 Å². The maximum Gasteiger partial charge on any atom is 0.248 e. The molecule has 0 atom stereocenters. The van der Waals surface area contributed by atoms with Gasteiger partial charge >= 0.3 is 0 Å². The second-order valence-corrected chi connectivity index (χ2v) is 6.17. The van der Waals surface area contributed by atoms with Gasteiger partial charge in [0.25, 0.3) is 0 Å². The van der Waals surface area contributed by atoms with Crippen LogP contribution in [0.5, 0.6) is 0 Å². The van der Waals surface area contributed by atoms with E-state index in [9.17, 15) is 9.59 Å². The zero-order valence-corrected chi connectivity index (χ0v) is 13.8. The number of nitrogens with one attached hydrogen (secondary N) is 2. The summed E-state index contributed by atoms with van der Waals surface area (Å²) in [4.78, 5) is 27.5. The number of para-hydroxylation sites is 1. The van der Waals surface area contributed by atoms with Crippen molar-refractivity contribution < 1.29 is 9.59 Å². The summed E-state index contributed by atoms with van der Waals surface area (Å²) < 4.78 is 1.08. The van der Waals surface area contributed by atoms with Crippen molar-refractivity contribution >= 4 is 50.8 Å². The second-order valence-electron chi connectivity index (χ2n) is 5.10. The Kier molecular flexibility index (Phi) is 4.67. The number of amides is 2. The minimum atomic E-state index is -0.255. The molecule has 0 aliphatic rings. The van der Waals surface area contributed by atoms with Gasteiger partial charge in [-0.05, 0) is 36.4 Å². The first-order valence-corrected chi connectivity index (χ1v) is 8.14. The molecule has 2 N–H and O–H groups in total. The molecule has 1 heterocycles. The average Bonchev–Trinajstić information content (AvgIpc) is 2.95. The molecule has 24 heavy (non-hydrogen) atoms. The van der Waals surface area contributed by atoms with Gasteiger partial charge in [-0.25, -0.2) is 4.98 Å². The summed E-state index contributed by atoms with van der Waals surface area (Å²) in [6.07, 6.45) is 3.14. The third-order valence-corrected chi connectivity index (χ3v) is 4.14. The summed E-state index contributed by atoms with van der Waals surface area (Å²) in [5.41, 5.74) is 2.17. The third-order valence-electron chi connectivity index (χ3n) is 3.14. The first-order valence-electron chi connectivity index (χ1n) is 7.32. The second kappa shape index (κ2) is 7.06. The molecule has 120 valence electrons. The van der Waals surface area contributed by atoms with Crippen molar-refractivity contribution in [3.8, 4) is 0 Å². The van der Waals surface area contributed by atoms with Crippen LogP contribution in [0.3, 0.4) is 0 Å². The number of benzene rings is 2. The van der Waals surface area contributed by atoms with Gasteiger partial charge in [0, 0.05) is 24.4 Å². The van der Waals surface area contributed by atoms with Crippen LogP contribution in [0.2, 0.25) is 0 Å². The molecule has 0 aliphatic carbocycles. The van der Waals surface area contributed by atoms with Crippen LogP contribution in [-0.2, 0) is 9.59 Å². The number of fused-ring (bicyclic) bond motifs is 1. The number of aromatic nitrogens is 1. The van der Waals surface area contributed by atoms with Crippen LogP contribution < -0.4 is 10.6 Å². The number of thiazole rings is 1. The van der Waals surface area contributed by atoms with Crippen LogP contribution in [0.4, 0.5) is 11.4 Å². The lowest BCUT2D eigenvalue weighted by Gasteiger charge is -2.05. The van der Waals surface area contributed by atoms with E-state index in [1.807, 2.05) is 24.3 Å². The van der Waals surface area contributed by atoms with E-state index in [4.69, 9.17) is 0 Å². The van der Waals surface area contributed by atoms with E-state index in [2.05, 4.69) is 15.6 Å². The minimum absolute atomic E-state index is 0.158. The highest BCUT2D eigenvalue weighted by molar-refractivity contribution is 7.19. The molecule has 5 nitrogen and oxygen atoms in total. The minimum Gasteiger partial charge on any atom is -0.326 e. The van der Waals surface area contributed by atoms with Gasteiger partial charge in [0.1, 0.15) is 5.01 Å². The van der Waals surface area contributed by atoms with Crippen LogP contribution in [-0.4, -0.2) is 16.8 Å². The zero-order valence-electron chi connectivity index (χ0n) is 12.9. The molecular weight excluding hydrogens is 322 g/mol. The SMILES string of the molecule is CC(=O)Nc1cccc(NC(=O)/C=C/c2nc3ccccc3s2)c1. The average molecular weight is 337 g/mol. The molecule has 3 aromatic rings. The molecule has 0 radical (unpaired) electrons. The number of rotatable bonds is 4. The summed E-state index contributed by atoms with van der Waals surface area (Å²) in [7, 11) is 0. The first-order chi connectivity index (χ1) is 11.6. The molecule has 0 aliphatic heterocycles. The zero-order chi connectivity index (χ0) is 16.9. The van der Waals surface area contributed by atoms with E-state index < -0.39 is 0 Å². The molecule has 0 fully saturated rings. The summed E-state index contributed by atoms with van der Waals surface area (Å²) in [6.45, 7) is 1.44. The molecule has 6 heteroatoms. The molecule has 0 saturated heterocycles. The van der Waals surface area contributed by atoms with Crippen molar-refractivity contribution in [2.24, 2.45) is 0 Å². The molecular formula is C18H15N3O2S. The van der Waals surface area contributed by atoms with Gasteiger partial charge in [-0.2, -0.15) is 0 Å². The first kappa shape index (κ1) is 15.9. The molecule has 3 rings (SSSR count).